The van der Waals surface area contributed by atoms with Crippen molar-refractivity contribution >= 4 is 35.0 Å². The molecule has 0 aliphatic heterocycles. The van der Waals surface area contributed by atoms with Crippen molar-refractivity contribution in [1.82, 2.24) is 5.32 Å². The van der Waals surface area contributed by atoms with Crippen molar-refractivity contribution in [2.24, 2.45) is 0 Å². The third-order valence-corrected chi connectivity index (χ3v) is 4.42. The molecule has 3 aromatic rings. The number of benzene rings is 3. The van der Waals surface area contributed by atoms with E-state index in [1.807, 2.05) is 6.07 Å². The Morgan fingerprint density at radius 3 is 2.24 bits per heavy atom. The van der Waals surface area contributed by atoms with Crippen molar-refractivity contribution < 1.29 is 19.1 Å². The van der Waals surface area contributed by atoms with Crippen LogP contribution < -0.4 is 15.4 Å². The number of imide groups is 1. The Bertz CT molecular complexity index is 1070. The van der Waals surface area contributed by atoms with Crippen molar-refractivity contribution in [2.75, 3.05) is 12.4 Å². The van der Waals surface area contributed by atoms with Crippen LogP contribution in [0.15, 0.2) is 72.8 Å². The highest BCUT2D eigenvalue weighted by molar-refractivity contribution is 6.34. The van der Waals surface area contributed by atoms with Gasteiger partial charge >= 0.3 is 6.03 Å². The normalized spacial score (nSPS) is 10.1. The summed E-state index contributed by atoms with van der Waals surface area (Å²) in [5, 5.41) is 4.98. The highest BCUT2D eigenvalue weighted by atomic mass is 35.5. The molecule has 0 aromatic heterocycles. The number of urea groups is 1. The van der Waals surface area contributed by atoms with Crippen LogP contribution >= 0.6 is 11.6 Å². The molecule has 0 saturated carbocycles. The second-order valence-electron chi connectivity index (χ2n) is 6.00. The summed E-state index contributed by atoms with van der Waals surface area (Å²) < 4.78 is 5.30. The minimum Gasteiger partial charge on any atom is -0.496 e. The molecule has 0 atom stereocenters. The number of anilines is 1. The summed E-state index contributed by atoms with van der Waals surface area (Å²) in [6.07, 6.45) is 0. The van der Waals surface area contributed by atoms with E-state index in [0.717, 1.165) is 0 Å². The molecule has 0 bridgehead atoms. The zero-order valence-electron chi connectivity index (χ0n) is 15.4. The second-order valence-corrected chi connectivity index (χ2v) is 6.41. The van der Waals surface area contributed by atoms with Gasteiger partial charge in [0.05, 0.1) is 23.3 Å². The van der Waals surface area contributed by atoms with E-state index in [4.69, 9.17) is 16.3 Å². The van der Waals surface area contributed by atoms with Crippen LogP contribution in [0.2, 0.25) is 5.02 Å². The van der Waals surface area contributed by atoms with E-state index in [2.05, 4.69) is 10.6 Å². The molecule has 0 heterocycles. The van der Waals surface area contributed by atoms with Crippen LogP contribution in [0, 0.1) is 0 Å². The monoisotopic (exact) mass is 408 g/mol. The second kappa shape index (κ2) is 9.03. The molecule has 7 heteroatoms. The number of ether oxygens (including phenoxy) is 1. The van der Waals surface area contributed by atoms with Gasteiger partial charge in [-0.25, -0.2) is 4.79 Å². The van der Waals surface area contributed by atoms with Gasteiger partial charge in [-0.1, -0.05) is 54.1 Å². The molecule has 2 N–H and O–H groups in total. The maximum Gasteiger partial charge on any atom is 0.326 e. The van der Waals surface area contributed by atoms with Crippen molar-refractivity contribution in [1.29, 1.82) is 0 Å². The van der Waals surface area contributed by atoms with Gasteiger partial charge in [0.1, 0.15) is 5.75 Å². The first-order chi connectivity index (χ1) is 14.0. The van der Waals surface area contributed by atoms with Gasteiger partial charge in [0.15, 0.2) is 5.78 Å². The fourth-order valence-corrected chi connectivity index (χ4v) is 2.90. The third-order valence-electron chi connectivity index (χ3n) is 4.09. The van der Waals surface area contributed by atoms with Crippen molar-refractivity contribution in [3.8, 4) is 5.75 Å². The molecule has 0 spiro atoms. The molecular formula is C22H17ClN2O4. The first kappa shape index (κ1) is 20.1. The quantitative estimate of drug-likeness (QED) is 0.607. The van der Waals surface area contributed by atoms with Crippen LogP contribution in [0.4, 0.5) is 10.5 Å². The molecule has 0 aliphatic rings. The number of carbonyl (C=O) groups is 3. The number of ketones is 1. The van der Waals surface area contributed by atoms with Crippen LogP contribution in [0.5, 0.6) is 5.75 Å². The first-order valence-corrected chi connectivity index (χ1v) is 9.02. The van der Waals surface area contributed by atoms with Crippen LogP contribution in [-0.2, 0) is 0 Å². The van der Waals surface area contributed by atoms with Gasteiger partial charge in [-0.05, 0) is 24.3 Å². The molecule has 0 aliphatic carbocycles. The molecule has 3 rings (SSSR count). The SMILES string of the molecule is COc1cc(NC(=O)NC(=O)c2ccccc2Cl)ccc1C(=O)c1ccccc1. The van der Waals surface area contributed by atoms with Gasteiger partial charge in [0, 0.05) is 17.3 Å². The zero-order valence-corrected chi connectivity index (χ0v) is 16.2. The number of hydrogen-bond donors (Lipinski definition) is 2. The largest absolute Gasteiger partial charge is 0.496 e. The number of carbonyl (C=O) groups excluding carboxylic acids is 3. The van der Waals surface area contributed by atoms with E-state index in [1.165, 1.54) is 19.2 Å². The fraction of sp³-hybridized carbons (Fsp3) is 0.0455. The van der Waals surface area contributed by atoms with Crippen molar-refractivity contribution in [3.63, 3.8) is 0 Å². The number of rotatable bonds is 5. The van der Waals surface area contributed by atoms with Gasteiger partial charge in [-0.15, -0.1) is 0 Å². The number of halogens is 1. The summed E-state index contributed by atoms with van der Waals surface area (Å²) in [4.78, 5) is 37.0. The summed E-state index contributed by atoms with van der Waals surface area (Å²) in [5.74, 6) is -0.530. The van der Waals surface area contributed by atoms with E-state index in [9.17, 15) is 14.4 Å². The Kier molecular flexibility index (Phi) is 6.26. The molecule has 29 heavy (non-hydrogen) atoms. The Labute approximate surface area is 172 Å². The highest BCUT2D eigenvalue weighted by Crippen LogP contribution is 2.25. The lowest BCUT2D eigenvalue weighted by molar-refractivity contribution is 0.0966. The maximum absolute atomic E-state index is 12.7. The molecule has 3 aromatic carbocycles. The molecule has 6 nitrogen and oxygen atoms in total. The lowest BCUT2D eigenvalue weighted by Gasteiger charge is -2.12. The lowest BCUT2D eigenvalue weighted by atomic mass is 10.0. The smallest absolute Gasteiger partial charge is 0.326 e. The molecule has 146 valence electrons. The van der Waals surface area contributed by atoms with E-state index in [1.54, 1.807) is 54.6 Å². The minimum absolute atomic E-state index is 0.186. The number of methoxy groups -OCH3 is 1. The van der Waals surface area contributed by atoms with Crippen molar-refractivity contribution in [3.05, 3.63) is 94.5 Å². The zero-order chi connectivity index (χ0) is 20.8. The summed E-state index contributed by atoms with van der Waals surface area (Å²) in [6, 6.07) is 19.1. The molecule has 0 saturated heterocycles. The van der Waals surface area contributed by atoms with Crippen LogP contribution in [0.3, 0.4) is 0 Å². The summed E-state index contributed by atoms with van der Waals surface area (Å²) in [6.45, 7) is 0. The molecule has 0 fully saturated rings. The van der Waals surface area contributed by atoms with E-state index >= 15 is 0 Å². The van der Waals surface area contributed by atoms with Crippen molar-refractivity contribution in [2.45, 2.75) is 0 Å². The highest BCUT2D eigenvalue weighted by Gasteiger charge is 2.17. The average Bonchev–Trinajstić information content (AvgIpc) is 2.74. The lowest BCUT2D eigenvalue weighted by Crippen LogP contribution is -2.34. The standard InChI is InChI=1S/C22H17ClN2O4/c1-29-19-13-15(11-12-17(19)20(26)14-7-3-2-4-8-14)24-22(28)25-21(27)16-9-5-6-10-18(16)23/h2-13H,1H3,(H2,24,25,27,28). The van der Waals surface area contributed by atoms with Crippen LogP contribution in [0.1, 0.15) is 26.3 Å². The minimum atomic E-state index is -0.737. The predicted octanol–water partition coefficient (Wildman–Crippen LogP) is 4.54. The Balaban J connectivity index is 1.73. The first-order valence-electron chi connectivity index (χ1n) is 8.64. The predicted molar refractivity (Wildman–Crippen MR) is 111 cm³/mol. The number of hydrogen-bond acceptors (Lipinski definition) is 4. The van der Waals surface area contributed by atoms with E-state index in [0.29, 0.717) is 22.6 Å². The Morgan fingerprint density at radius 2 is 1.55 bits per heavy atom. The van der Waals surface area contributed by atoms with E-state index in [-0.39, 0.29) is 16.4 Å². The third kappa shape index (κ3) is 4.80. The van der Waals surface area contributed by atoms with Gasteiger partial charge in [0.2, 0.25) is 0 Å². The summed E-state index contributed by atoms with van der Waals surface area (Å²) in [7, 11) is 1.43. The topological polar surface area (TPSA) is 84.5 Å². The molecule has 0 radical (unpaired) electrons. The summed E-state index contributed by atoms with van der Waals surface area (Å²) in [5.41, 5.74) is 1.42. The molecule has 3 amide bonds. The molecular weight excluding hydrogens is 392 g/mol. The fourth-order valence-electron chi connectivity index (χ4n) is 2.68. The van der Waals surface area contributed by atoms with Crippen LogP contribution in [0.25, 0.3) is 0 Å². The molecule has 0 unspecified atom stereocenters. The maximum atomic E-state index is 12.7. The average molecular weight is 409 g/mol. The summed E-state index contributed by atoms with van der Waals surface area (Å²) >= 11 is 5.96. The number of amides is 3. The Morgan fingerprint density at radius 1 is 0.862 bits per heavy atom. The Hall–Kier alpha value is -3.64. The van der Waals surface area contributed by atoms with Gasteiger partial charge in [-0.3, -0.25) is 14.9 Å². The van der Waals surface area contributed by atoms with E-state index < -0.39 is 11.9 Å². The number of nitrogens with one attached hydrogen (secondary N) is 2. The van der Waals surface area contributed by atoms with Gasteiger partial charge in [-0.2, -0.15) is 0 Å². The van der Waals surface area contributed by atoms with Gasteiger partial charge in [0.25, 0.3) is 5.91 Å². The van der Waals surface area contributed by atoms with Gasteiger partial charge < -0.3 is 10.1 Å². The van der Waals surface area contributed by atoms with Crippen LogP contribution in [-0.4, -0.2) is 24.8 Å².